The van der Waals surface area contributed by atoms with Crippen molar-refractivity contribution in [1.29, 1.82) is 0 Å². The Balaban J connectivity index is 2.05. The Bertz CT molecular complexity index is 583. The van der Waals surface area contributed by atoms with Crippen molar-refractivity contribution in [1.82, 2.24) is 9.97 Å². The number of carbonyl (C=O) groups is 1. The van der Waals surface area contributed by atoms with Crippen molar-refractivity contribution in [3.8, 4) is 0 Å². The van der Waals surface area contributed by atoms with Gasteiger partial charge in [-0.15, -0.1) is 0 Å². The normalized spacial score (nSPS) is 10.6. The van der Waals surface area contributed by atoms with Crippen LogP contribution in [0.25, 0.3) is 10.9 Å². The van der Waals surface area contributed by atoms with Gasteiger partial charge in [0, 0.05) is 23.7 Å². The van der Waals surface area contributed by atoms with Crippen LogP contribution < -0.4 is 11.1 Å². The van der Waals surface area contributed by atoms with Gasteiger partial charge in [0.2, 0.25) is 11.9 Å². The van der Waals surface area contributed by atoms with E-state index in [0.717, 1.165) is 35.9 Å². The number of aromatic nitrogens is 2. The fourth-order valence-corrected chi connectivity index (χ4v) is 1.88. The molecule has 3 N–H and O–H groups in total. The molecule has 1 amide bonds. The zero-order valence-electron chi connectivity index (χ0n) is 11.0. The Morgan fingerprint density at radius 2 is 2.21 bits per heavy atom. The highest BCUT2D eigenvalue weighted by Crippen LogP contribution is 2.17. The van der Waals surface area contributed by atoms with Crippen LogP contribution in [0.15, 0.2) is 24.4 Å². The second kappa shape index (κ2) is 6.13. The number of fused-ring (bicyclic) bond motifs is 1. The molecular formula is C14H18N4O. The van der Waals surface area contributed by atoms with Gasteiger partial charge < -0.3 is 11.1 Å². The second-order valence-electron chi connectivity index (χ2n) is 4.51. The smallest absolute Gasteiger partial charge is 0.224 e. The number of rotatable bonds is 5. The molecule has 2 aromatic rings. The van der Waals surface area contributed by atoms with Gasteiger partial charge in [-0.2, -0.15) is 0 Å². The number of nitrogens with one attached hydrogen (secondary N) is 1. The summed E-state index contributed by atoms with van der Waals surface area (Å²) in [7, 11) is 0. The largest absolute Gasteiger partial charge is 0.368 e. The van der Waals surface area contributed by atoms with E-state index in [4.69, 9.17) is 5.73 Å². The number of unbranched alkanes of at least 4 members (excludes halogenated alkanes) is 2. The van der Waals surface area contributed by atoms with Crippen LogP contribution in [-0.2, 0) is 4.79 Å². The molecule has 0 aliphatic rings. The molecule has 0 unspecified atom stereocenters. The molecule has 0 spiro atoms. The zero-order chi connectivity index (χ0) is 13.7. The van der Waals surface area contributed by atoms with Gasteiger partial charge in [0.1, 0.15) is 0 Å². The lowest BCUT2D eigenvalue weighted by Crippen LogP contribution is -2.11. The first-order valence-electron chi connectivity index (χ1n) is 6.51. The van der Waals surface area contributed by atoms with Gasteiger partial charge in [-0.25, -0.2) is 9.97 Å². The number of benzene rings is 1. The Labute approximate surface area is 112 Å². The van der Waals surface area contributed by atoms with Crippen LogP contribution in [0, 0.1) is 0 Å². The number of anilines is 2. The van der Waals surface area contributed by atoms with E-state index in [1.165, 1.54) is 0 Å². The van der Waals surface area contributed by atoms with E-state index in [0.29, 0.717) is 6.42 Å². The summed E-state index contributed by atoms with van der Waals surface area (Å²) in [4.78, 5) is 19.8. The standard InChI is InChI=1S/C14H18N4O/c1-2-3-4-5-13(19)17-11-6-7-12-10(8-11)9-16-14(15)18-12/h6-9H,2-5H2,1H3,(H,17,19)(H2,15,16,18). The summed E-state index contributed by atoms with van der Waals surface area (Å²) in [5.74, 6) is 0.299. The minimum Gasteiger partial charge on any atom is -0.368 e. The lowest BCUT2D eigenvalue weighted by molar-refractivity contribution is -0.116. The van der Waals surface area contributed by atoms with Crippen molar-refractivity contribution in [3.63, 3.8) is 0 Å². The molecule has 0 aliphatic carbocycles. The molecule has 1 aromatic heterocycles. The predicted octanol–water partition coefficient (Wildman–Crippen LogP) is 2.73. The SMILES string of the molecule is CCCCCC(=O)Nc1ccc2nc(N)ncc2c1. The molecule has 100 valence electrons. The first-order chi connectivity index (χ1) is 9.19. The Morgan fingerprint density at radius 3 is 3.00 bits per heavy atom. The molecule has 2 rings (SSSR count). The van der Waals surface area contributed by atoms with E-state index in [1.807, 2.05) is 18.2 Å². The molecule has 19 heavy (non-hydrogen) atoms. The van der Waals surface area contributed by atoms with Gasteiger partial charge in [-0.1, -0.05) is 19.8 Å². The average Bonchev–Trinajstić information content (AvgIpc) is 2.39. The zero-order valence-corrected chi connectivity index (χ0v) is 11.0. The van der Waals surface area contributed by atoms with E-state index in [-0.39, 0.29) is 11.9 Å². The van der Waals surface area contributed by atoms with E-state index in [1.54, 1.807) is 6.20 Å². The van der Waals surface area contributed by atoms with Crippen molar-refractivity contribution >= 4 is 28.4 Å². The summed E-state index contributed by atoms with van der Waals surface area (Å²) < 4.78 is 0. The van der Waals surface area contributed by atoms with Gasteiger partial charge >= 0.3 is 0 Å². The molecule has 0 bridgehead atoms. The summed E-state index contributed by atoms with van der Waals surface area (Å²) in [6.45, 7) is 2.12. The first-order valence-corrected chi connectivity index (χ1v) is 6.51. The number of amides is 1. The molecule has 1 aromatic carbocycles. The molecule has 0 aliphatic heterocycles. The van der Waals surface area contributed by atoms with Gasteiger partial charge in [0.05, 0.1) is 5.52 Å². The lowest BCUT2D eigenvalue weighted by atomic mass is 10.2. The third-order valence-corrected chi connectivity index (χ3v) is 2.89. The lowest BCUT2D eigenvalue weighted by Gasteiger charge is -2.06. The molecule has 0 saturated carbocycles. The average molecular weight is 258 g/mol. The fourth-order valence-electron chi connectivity index (χ4n) is 1.88. The molecule has 0 fully saturated rings. The van der Waals surface area contributed by atoms with Crippen molar-refractivity contribution in [2.24, 2.45) is 0 Å². The van der Waals surface area contributed by atoms with Crippen molar-refractivity contribution in [2.75, 3.05) is 11.1 Å². The number of nitrogen functional groups attached to an aromatic ring is 1. The summed E-state index contributed by atoms with van der Waals surface area (Å²) in [5.41, 5.74) is 7.06. The van der Waals surface area contributed by atoms with Gasteiger partial charge in [0.25, 0.3) is 0 Å². The number of carbonyl (C=O) groups excluding carboxylic acids is 1. The molecule has 1 heterocycles. The summed E-state index contributed by atoms with van der Waals surface area (Å²) in [6, 6.07) is 5.51. The minimum atomic E-state index is 0.0455. The van der Waals surface area contributed by atoms with Crippen molar-refractivity contribution < 1.29 is 4.79 Å². The number of nitrogens with zero attached hydrogens (tertiary/aromatic N) is 2. The molecule has 0 saturated heterocycles. The van der Waals surface area contributed by atoms with Crippen LogP contribution in [0.2, 0.25) is 0 Å². The third-order valence-electron chi connectivity index (χ3n) is 2.89. The number of hydrogen-bond acceptors (Lipinski definition) is 4. The monoisotopic (exact) mass is 258 g/mol. The number of nitrogens with two attached hydrogens (primary N) is 1. The highest BCUT2D eigenvalue weighted by molar-refractivity contribution is 5.93. The molecule has 5 heteroatoms. The minimum absolute atomic E-state index is 0.0455. The van der Waals surface area contributed by atoms with Crippen LogP contribution >= 0.6 is 0 Å². The highest BCUT2D eigenvalue weighted by Gasteiger charge is 2.04. The molecule has 0 atom stereocenters. The van der Waals surface area contributed by atoms with Crippen molar-refractivity contribution in [2.45, 2.75) is 32.6 Å². The van der Waals surface area contributed by atoms with Crippen LogP contribution in [0.3, 0.4) is 0 Å². The molecule has 0 radical (unpaired) electrons. The van der Waals surface area contributed by atoms with Crippen LogP contribution in [-0.4, -0.2) is 15.9 Å². The van der Waals surface area contributed by atoms with Crippen LogP contribution in [0.5, 0.6) is 0 Å². The van der Waals surface area contributed by atoms with Crippen molar-refractivity contribution in [3.05, 3.63) is 24.4 Å². The third kappa shape index (κ3) is 3.64. The maximum atomic E-state index is 11.7. The fraction of sp³-hybridized carbons (Fsp3) is 0.357. The highest BCUT2D eigenvalue weighted by atomic mass is 16.1. The van der Waals surface area contributed by atoms with Gasteiger partial charge in [-0.05, 0) is 24.6 Å². The Hall–Kier alpha value is -2.17. The van der Waals surface area contributed by atoms with E-state index < -0.39 is 0 Å². The maximum Gasteiger partial charge on any atom is 0.224 e. The quantitative estimate of drug-likeness (QED) is 0.808. The second-order valence-corrected chi connectivity index (χ2v) is 4.51. The Kier molecular flexibility index (Phi) is 4.28. The molecular weight excluding hydrogens is 240 g/mol. The Morgan fingerprint density at radius 1 is 1.37 bits per heavy atom. The van der Waals surface area contributed by atoms with Gasteiger partial charge in [-0.3, -0.25) is 4.79 Å². The summed E-state index contributed by atoms with van der Waals surface area (Å²) in [6.07, 6.45) is 5.34. The van der Waals surface area contributed by atoms with Gasteiger partial charge in [0.15, 0.2) is 0 Å². The maximum absolute atomic E-state index is 11.7. The van der Waals surface area contributed by atoms with E-state index in [9.17, 15) is 4.79 Å². The van der Waals surface area contributed by atoms with Crippen LogP contribution in [0.1, 0.15) is 32.6 Å². The first kappa shape index (κ1) is 13.3. The van der Waals surface area contributed by atoms with E-state index in [2.05, 4.69) is 22.2 Å². The van der Waals surface area contributed by atoms with Crippen LogP contribution in [0.4, 0.5) is 11.6 Å². The summed E-state index contributed by atoms with van der Waals surface area (Å²) in [5, 5.41) is 3.74. The number of hydrogen-bond donors (Lipinski definition) is 2. The molecule has 5 nitrogen and oxygen atoms in total. The van der Waals surface area contributed by atoms with E-state index >= 15 is 0 Å². The predicted molar refractivity (Wildman–Crippen MR) is 76.7 cm³/mol. The summed E-state index contributed by atoms with van der Waals surface area (Å²) >= 11 is 0. The topological polar surface area (TPSA) is 80.9 Å².